The summed E-state index contributed by atoms with van der Waals surface area (Å²) in [7, 11) is 1.65. The van der Waals surface area contributed by atoms with Gasteiger partial charge in [0.05, 0.1) is 18.1 Å². The fraction of sp³-hybridized carbons (Fsp3) is 0.182. The number of halogens is 1. The Morgan fingerprint density at radius 2 is 2.31 bits per heavy atom. The van der Waals surface area contributed by atoms with Crippen LogP contribution in [-0.4, -0.2) is 16.7 Å². The van der Waals surface area contributed by atoms with E-state index in [1.54, 1.807) is 13.3 Å². The molecule has 0 fully saturated rings. The minimum absolute atomic E-state index is 0.520. The number of methoxy groups -OCH3 is 1. The fourth-order valence-electron chi connectivity index (χ4n) is 1.48. The average molecular weight is 282 g/mol. The van der Waals surface area contributed by atoms with Crippen molar-refractivity contribution >= 4 is 21.9 Å². The van der Waals surface area contributed by atoms with Crippen LogP contribution in [0.3, 0.4) is 0 Å². The van der Waals surface area contributed by atoms with E-state index in [-0.39, 0.29) is 0 Å². The fourth-order valence-corrected chi connectivity index (χ4v) is 2.07. The second kappa shape index (κ2) is 4.57. The van der Waals surface area contributed by atoms with E-state index in [2.05, 4.69) is 20.9 Å². The summed E-state index contributed by atoms with van der Waals surface area (Å²) in [5.74, 6) is 1.34. The molecule has 1 aromatic heterocycles. The van der Waals surface area contributed by atoms with Gasteiger partial charge in [-0.2, -0.15) is 0 Å². The van der Waals surface area contributed by atoms with Crippen LogP contribution in [0.15, 0.2) is 35.1 Å². The molecule has 0 atom stereocenters. The van der Waals surface area contributed by atoms with Crippen molar-refractivity contribution in [1.29, 1.82) is 0 Å². The number of nitrogens with zero attached hydrogens (tertiary/aromatic N) is 2. The van der Waals surface area contributed by atoms with Gasteiger partial charge in [-0.15, -0.1) is 0 Å². The van der Waals surface area contributed by atoms with Gasteiger partial charge in [0.15, 0.2) is 5.95 Å². The summed E-state index contributed by atoms with van der Waals surface area (Å²) in [5.41, 5.74) is 6.83. The molecule has 0 amide bonds. The molecule has 0 saturated carbocycles. The first-order valence-corrected chi connectivity index (χ1v) is 5.59. The van der Waals surface area contributed by atoms with Gasteiger partial charge >= 0.3 is 0 Å². The van der Waals surface area contributed by atoms with Crippen molar-refractivity contribution in [2.75, 3.05) is 12.8 Å². The third-order valence-electron chi connectivity index (χ3n) is 2.32. The smallest absolute Gasteiger partial charge is 0.200 e. The van der Waals surface area contributed by atoms with Gasteiger partial charge in [-0.1, -0.05) is 6.07 Å². The highest BCUT2D eigenvalue weighted by molar-refractivity contribution is 9.10. The number of rotatable bonds is 3. The van der Waals surface area contributed by atoms with Crippen molar-refractivity contribution < 1.29 is 4.74 Å². The van der Waals surface area contributed by atoms with Crippen LogP contribution in [0.5, 0.6) is 5.75 Å². The summed E-state index contributed by atoms with van der Waals surface area (Å²) in [6.07, 6.45) is 3.54. The van der Waals surface area contributed by atoms with Crippen LogP contribution in [0, 0.1) is 0 Å². The van der Waals surface area contributed by atoms with E-state index in [0.29, 0.717) is 12.5 Å². The number of anilines is 1. The zero-order valence-corrected chi connectivity index (χ0v) is 10.4. The van der Waals surface area contributed by atoms with Crippen LogP contribution < -0.4 is 10.5 Å². The number of benzene rings is 1. The lowest BCUT2D eigenvalue weighted by molar-refractivity contribution is 0.412. The lowest BCUT2D eigenvalue weighted by Crippen LogP contribution is -2.03. The quantitative estimate of drug-likeness (QED) is 0.939. The summed E-state index contributed by atoms with van der Waals surface area (Å²) in [6.45, 7) is 0.703. The predicted octanol–water partition coefficient (Wildman–Crippen LogP) is 2.28. The number of aromatic nitrogens is 2. The molecule has 0 radical (unpaired) electrons. The maximum absolute atomic E-state index is 5.70. The highest BCUT2D eigenvalue weighted by Gasteiger charge is 2.03. The topological polar surface area (TPSA) is 53.1 Å². The van der Waals surface area contributed by atoms with Crippen molar-refractivity contribution in [3.8, 4) is 5.75 Å². The Bertz CT molecular complexity index is 496. The maximum atomic E-state index is 5.70. The SMILES string of the molecule is COc1ccc(Cn2ccnc2N)cc1Br. The molecular formula is C11H12BrN3O. The number of nitrogens with two attached hydrogens (primary N) is 1. The molecule has 0 aliphatic heterocycles. The van der Waals surface area contributed by atoms with Gasteiger partial charge in [0.25, 0.3) is 0 Å². The molecule has 0 spiro atoms. The molecule has 2 rings (SSSR count). The van der Waals surface area contributed by atoms with Gasteiger partial charge in [0, 0.05) is 12.4 Å². The molecule has 0 aliphatic rings. The molecule has 0 bridgehead atoms. The predicted molar refractivity (Wildman–Crippen MR) is 66.4 cm³/mol. The number of ether oxygens (including phenoxy) is 1. The van der Waals surface area contributed by atoms with Crippen molar-refractivity contribution in [3.63, 3.8) is 0 Å². The molecule has 0 aliphatic carbocycles. The van der Waals surface area contributed by atoms with Crippen LogP contribution in [0.25, 0.3) is 0 Å². The Kier molecular flexibility index (Phi) is 3.14. The Hall–Kier alpha value is -1.49. The molecule has 16 heavy (non-hydrogen) atoms. The number of hydrogen-bond donors (Lipinski definition) is 1. The maximum Gasteiger partial charge on any atom is 0.200 e. The second-order valence-electron chi connectivity index (χ2n) is 3.38. The van der Waals surface area contributed by atoms with Crippen LogP contribution >= 0.6 is 15.9 Å². The van der Waals surface area contributed by atoms with E-state index < -0.39 is 0 Å². The minimum Gasteiger partial charge on any atom is -0.496 e. The minimum atomic E-state index is 0.520. The van der Waals surface area contributed by atoms with Crippen LogP contribution in [0.4, 0.5) is 5.95 Å². The standard InChI is InChI=1S/C11H12BrN3O/c1-16-10-3-2-8(6-9(10)12)7-15-5-4-14-11(15)13/h2-6H,7H2,1H3,(H2,13,14). The van der Waals surface area contributed by atoms with Gasteiger partial charge in [-0.3, -0.25) is 0 Å². The summed E-state index contributed by atoms with van der Waals surface area (Å²) >= 11 is 3.45. The summed E-state index contributed by atoms with van der Waals surface area (Å²) in [4.78, 5) is 3.97. The van der Waals surface area contributed by atoms with Gasteiger partial charge in [0.2, 0.25) is 0 Å². The van der Waals surface area contributed by atoms with Crippen molar-refractivity contribution in [3.05, 3.63) is 40.6 Å². The molecule has 1 heterocycles. The van der Waals surface area contributed by atoms with Crippen LogP contribution in [0.2, 0.25) is 0 Å². The molecule has 0 unspecified atom stereocenters. The Morgan fingerprint density at radius 3 is 2.88 bits per heavy atom. The second-order valence-corrected chi connectivity index (χ2v) is 4.24. The van der Waals surface area contributed by atoms with E-state index in [9.17, 15) is 0 Å². The third kappa shape index (κ3) is 2.19. The number of imidazole rings is 1. The van der Waals surface area contributed by atoms with E-state index >= 15 is 0 Å². The lowest BCUT2D eigenvalue weighted by Gasteiger charge is -2.08. The van der Waals surface area contributed by atoms with E-state index in [1.165, 1.54) is 0 Å². The Morgan fingerprint density at radius 1 is 1.50 bits per heavy atom. The zero-order chi connectivity index (χ0) is 11.5. The normalized spacial score (nSPS) is 10.4. The Labute approximate surface area is 102 Å². The highest BCUT2D eigenvalue weighted by Crippen LogP contribution is 2.25. The van der Waals surface area contributed by atoms with Gasteiger partial charge in [-0.05, 0) is 33.6 Å². The van der Waals surface area contributed by atoms with Crippen molar-refractivity contribution in [2.24, 2.45) is 0 Å². The van der Waals surface area contributed by atoms with Crippen LogP contribution in [-0.2, 0) is 6.54 Å². The van der Waals surface area contributed by atoms with Gasteiger partial charge < -0.3 is 15.0 Å². The highest BCUT2D eigenvalue weighted by atomic mass is 79.9. The van der Waals surface area contributed by atoms with Gasteiger partial charge in [-0.25, -0.2) is 4.98 Å². The number of hydrogen-bond acceptors (Lipinski definition) is 3. The average Bonchev–Trinajstić information content (AvgIpc) is 2.65. The monoisotopic (exact) mass is 281 g/mol. The van der Waals surface area contributed by atoms with E-state index in [0.717, 1.165) is 15.8 Å². The molecule has 5 heteroatoms. The lowest BCUT2D eigenvalue weighted by atomic mass is 10.2. The molecule has 84 valence electrons. The first-order chi connectivity index (χ1) is 7.70. The molecule has 4 nitrogen and oxygen atoms in total. The van der Waals surface area contributed by atoms with E-state index in [1.807, 2.05) is 29.0 Å². The third-order valence-corrected chi connectivity index (χ3v) is 2.94. The molecule has 1 aromatic carbocycles. The van der Waals surface area contributed by atoms with Crippen LogP contribution in [0.1, 0.15) is 5.56 Å². The number of nitrogen functional groups attached to an aromatic ring is 1. The molecular weight excluding hydrogens is 270 g/mol. The zero-order valence-electron chi connectivity index (χ0n) is 8.85. The van der Waals surface area contributed by atoms with Gasteiger partial charge in [0.1, 0.15) is 5.75 Å². The molecule has 2 N–H and O–H groups in total. The first-order valence-electron chi connectivity index (χ1n) is 4.79. The molecule has 0 saturated heterocycles. The summed E-state index contributed by atoms with van der Waals surface area (Å²) < 4.78 is 7.99. The summed E-state index contributed by atoms with van der Waals surface area (Å²) in [6, 6.07) is 5.94. The van der Waals surface area contributed by atoms with Crippen molar-refractivity contribution in [1.82, 2.24) is 9.55 Å². The first kappa shape index (κ1) is 11.0. The largest absolute Gasteiger partial charge is 0.496 e. The molecule has 2 aromatic rings. The summed E-state index contributed by atoms with van der Waals surface area (Å²) in [5, 5.41) is 0. The van der Waals surface area contributed by atoms with E-state index in [4.69, 9.17) is 10.5 Å². The Balaban J connectivity index is 2.23. The van der Waals surface area contributed by atoms with Crippen molar-refractivity contribution in [2.45, 2.75) is 6.54 Å².